The first-order chi connectivity index (χ1) is 12.2. The van der Waals surface area contributed by atoms with Crippen LogP contribution in [-0.4, -0.2) is 21.0 Å². The van der Waals surface area contributed by atoms with Crippen LogP contribution >= 0.6 is 35.0 Å². The Morgan fingerprint density at radius 3 is 2.68 bits per heavy atom. The molecule has 0 radical (unpaired) electrons. The van der Waals surface area contributed by atoms with Crippen LogP contribution in [-0.2, 0) is 0 Å². The number of thioether (sulfide) groups is 1. The van der Waals surface area contributed by atoms with E-state index >= 15 is 0 Å². The van der Waals surface area contributed by atoms with Crippen molar-refractivity contribution in [3.05, 3.63) is 69.7 Å². The number of fused-ring (bicyclic) bond motifs is 1. The number of anilines is 1. The van der Waals surface area contributed by atoms with Crippen LogP contribution in [0.2, 0.25) is 10.0 Å². The lowest BCUT2D eigenvalue weighted by molar-refractivity contribution is 0.427. The van der Waals surface area contributed by atoms with Gasteiger partial charge in [0, 0.05) is 10.0 Å². The lowest BCUT2D eigenvalue weighted by Crippen LogP contribution is -2.28. The van der Waals surface area contributed by atoms with Gasteiger partial charge in [0.05, 0.1) is 12.1 Å². The van der Waals surface area contributed by atoms with Gasteiger partial charge in [0.15, 0.2) is 0 Å². The first kappa shape index (κ1) is 16.8. The van der Waals surface area contributed by atoms with Gasteiger partial charge in [-0.25, -0.2) is 4.68 Å². The first-order valence-electron chi connectivity index (χ1n) is 7.92. The maximum atomic E-state index is 6.49. The van der Waals surface area contributed by atoms with Crippen molar-refractivity contribution in [2.45, 2.75) is 23.7 Å². The molecule has 128 valence electrons. The zero-order valence-electron chi connectivity index (χ0n) is 13.5. The zero-order chi connectivity index (χ0) is 17.4. The van der Waals surface area contributed by atoms with Crippen LogP contribution in [0.25, 0.3) is 0 Å². The summed E-state index contributed by atoms with van der Waals surface area (Å²) in [6.07, 6.45) is 2.80. The number of benzene rings is 2. The van der Waals surface area contributed by atoms with E-state index in [1.165, 1.54) is 17.3 Å². The summed E-state index contributed by atoms with van der Waals surface area (Å²) in [4.78, 5) is 4.60. The van der Waals surface area contributed by atoms with E-state index in [9.17, 15) is 0 Å². The molecule has 4 rings (SSSR count). The molecule has 25 heavy (non-hydrogen) atoms. The van der Waals surface area contributed by atoms with Crippen molar-refractivity contribution in [1.29, 1.82) is 0 Å². The molecule has 3 aromatic rings. The Morgan fingerprint density at radius 1 is 1.16 bits per heavy atom. The van der Waals surface area contributed by atoms with Gasteiger partial charge in [-0.05, 0) is 35.9 Å². The molecular formula is C18H16Cl2N4S. The van der Waals surface area contributed by atoms with Crippen molar-refractivity contribution in [3.8, 4) is 0 Å². The Morgan fingerprint density at radius 2 is 1.96 bits per heavy atom. The second-order valence-electron chi connectivity index (χ2n) is 5.89. The lowest BCUT2D eigenvalue weighted by Gasteiger charge is -2.32. The molecule has 2 unspecified atom stereocenters. The predicted octanol–water partition coefficient (Wildman–Crippen LogP) is 5.45. The number of halogens is 2. The van der Waals surface area contributed by atoms with Crippen LogP contribution in [0.3, 0.4) is 0 Å². The van der Waals surface area contributed by atoms with Crippen LogP contribution in [0.5, 0.6) is 0 Å². The van der Waals surface area contributed by atoms with Crippen molar-refractivity contribution < 1.29 is 0 Å². The number of hydrogen-bond acceptors (Lipinski definition) is 4. The van der Waals surface area contributed by atoms with Crippen LogP contribution in [0, 0.1) is 0 Å². The number of aromatic nitrogens is 3. The maximum absolute atomic E-state index is 6.49. The molecule has 1 aliphatic heterocycles. The Bertz CT molecular complexity index is 897. The van der Waals surface area contributed by atoms with Gasteiger partial charge >= 0.3 is 0 Å². The standard InChI is InChI=1S/C18H16Cl2N4S/c1-25-18-22-17-21-15(11-5-3-2-4-6-11)10-16(24(17)23-18)13-8-7-12(19)9-14(13)20/h2-9,15-16H,10H2,1H3,(H,21,22,23). The van der Waals surface area contributed by atoms with Gasteiger partial charge in [-0.1, -0.05) is 71.4 Å². The highest BCUT2D eigenvalue weighted by Gasteiger charge is 2.32. The van der Waals surface area contributed by atoms with Gasteiger partial charge < -0.3 is 5.32 Å². The van der Waals surface area contributed by atoms with Crippen molar-refractivity contribution in [1.82, 2.24) is 14.8 Å². The average molecular weight is 391 g/mol. The van der Waals surface area contributed by atoms with E-state index in [4.69, 9.17) is 23.2 Å². The van der Waals surface area contributed by atoms with E-state index in [1.807, 2.05) is 41.3 Å². The SMILES string of the molecule is CSc1nc2n(n1)C(c1ccc(Cl)cc1Cl)CC(c1ccccc1)N2. The number of hydrogen-bond donors (Lipinski definition) is 1. The monoisotopic (exact) mass is 390 g/mol. The molecular weight excluding hydrogens is 375 g/mol. The summed E-state index contributed by atoms with van der Waals surface area (Å²) >= 11 is 14.1. The molecule has 1 aromatic heterocycles. The van der Waals surface area contributed by atoms with Gasteiger partial charge in [-0.3, -0.25) is 0 Å². The minimum Gasteiger partial charge on any atom is -0.347 e. The highest BCUT2D eigenvalue weighted by molar-refractivity contribution is 7.98. The molecule has 1 aliphatic rings. The van der Waals surface area contributed by atoms with Crippen LogP contribution < -0.4 is 5.32 Å². The topological polar surface area (TPSA) is 42.7 Å². The molecule has 1 N–H and O–H groups in total. The second kappa shape index (κ2) is 6.90. The molecule has 2 heterocycles. The van der Waals surface area contributed by atoms with Gasteiger partial charge in [-0.2, -0.15) is 4.98 Å². The van der Waals surface area contributed by atoms with Gasteiger partial charge in [0.1, 0.15) is 0 Å². The van der Waals surface area contributed by atoms with Crippen LogP contribution in [0.1, 0.15) is 29.6 Å². The third-order valence-corrected chi connectivity index (χ3v) is 5.48. The molecule has 7 heteroatoms. The summed E-state index contributed by atoms with van der Waals surface area (Å²) < 4.78 is 1.93. The van der Waals surface area contributed by atoms with E-state index in [1.54, 1.807) is 6.07 Å². The molecule has 0 saturated carbocycles. The quantitative estimate of drug-likeness (QED) is 0.603. The van der Waals surface area contributed by atoms with E-state index in [2.05, 4.69) is 27.5 Å². The third-order valence-electron chi connectivity index (χ3n) is 4.38. The third kappa shape index (κ3) is 3.24. The Hall–Kier alpha value is -1.69. The summed E-state index contributed by atoms with van der Waals surface area (Å²) in [7, 11) is 0. The summed E-state index contributed by atoms with van der Waals surface area (Å²) in [5.41, 5.74) is 2.23. The van der Waals surface area contributed by atoms with E-state index in [0.29, 0.717) is 10.0 Å². The fourth-order valence-corrected chi connectivity index (χ4v) is 4.06. The Labute approximate surface area is 160 Å². The highest BCUT2D eigenvalue weighted by Crippen LogP contribution is 2.40. The van der Waals surface area contributed by atoms with Gasteiger partial charge in [-0.15, -0.1) is 5.10 Å². The maximum Gasteiger partial charge on any atom is 0.223 e. The average Bonchev–Trinajstić information content (AvgIpc) is 3.05. The van der Waals surface area contributed by atoms with Crippen molar-refractivity contribution in [2.75, 3.05) is 11.6 Å². The number of nitrogens with one attached hydrogen (secondary N) is 1. The van der Waals surface area contributed by atoms with Crippen LogP contribution in [0.15, 0.2) is 53.7 Å². The fourth-order valence-electron chi connectivity index (χ4n) is 3.18. The van der Waals surface area contributed by atoms with Gasteiger partial charge in [0.2, 0.25) is 11.1 Å². The molecule has 0 amide bonds. The Balaban J connectivity index is 1.80. The summed E-state index contributed by atoms with van der Waals surface area (Å²) in [5, 5.41) is 10.2. The first-order valence-corrected chi connectivity index (χ1v) is 9.90. The van der Waals surface area contributed by atoms with Gasteiger partial charge in [0.25, 0.3) is 0 Å². The van der Waals surface area contributed by atoms with E-state index in [0.717, 1.165) is 23.1 Å². The minimum atomic E-state index is -0.000349. The summed E-state index contributed by atoms with van der Waals surface area (Å²) in [6, 6.07) is 16.1. The molecule has 0 aliphatic carbocycles. The number of rotatable bonds is 3. The fraction of sp³-hybridized carbons (Fsp3) is 0.222. The van der Waals surface area contributed by atoms with Crippen LogP contribution in [0.4, 0.5) is 5.95 Å². The molecule has 0 fully saturated rings. The molecule has 0 bridgehead atoms. The largest absolute Gasteiger partial charge is 0.347 e. The van der Waals surface area contributed by atoms with Crippen molar-refractivity contribution in [3.63, 3.8) is 0 Å². The predicted molar refractivity (Wildman–Crippen MR) is 104 cm³/mol. The molecule has 4 nitrogen and oxygen atoms in total. The smallest absolute Gasteiger partial charge is 0.223 e. The van der Waals surface area contributed by atoms with Crippen molar-refractivity contribution in [2.24, 2.45) is 0 Å². The summed E-state index contributed by atoms with van der Waals surface area (Å²) in [6.45, 7) is 0. The van der Waals surface area contributed by atoms with E-state index < -0.39 is 0 Å². The normalized spacial score (nSPS) is 19.3. The molecule has 2 aromatic carbocycles. The molecule has 0 saturated heterocycles. The minimum absolute atomic E-state index is 0.000349. The zero-order valence-corrected chi connectivity index (χ0v) is 15.8. The van der Waals surface area contributed by atoms with Crippen molar-refractivity contribution >= 4 is 40.9 Å². The molecule has 0 spiro atoms. The summed E-state index contributed by atoms with van der Waals surface area (Å²) in [5.74, 6) is 0.764. The Kier molecular flexibility index (Phi) is 4.63. The molecule has 2 atom stereocenters. The number of nitrogens with zero attached hydrogens (tertiary/aromatic N) is 3. The lowest BCUT2D eigenvalue weighted by atomic mass is 9.93. The van der Waals surface area contributed by atoms with E-state index in [-0.39, 0.29) is 12.1 Å². The second-order valence-corrected chi connectivity index (χ2v) is 7.51. The highest BCUT2D eigenvalue weighted by atomic mass is 35.5.